The molecule has 0 unspecified atom stereocenters. The molecular weight excluding hydrogens is 388 g/mol. The van der Waals surface area contributed by atoms with E-state index in [9.17, 15) is 14.4 Å². The molecule has 0 fully saturated rings. The third-order valence-electron chi connectivity index (χ3n) is 5.19. The maximum atomic E-state index is 13.1. The van der Waals surface area contributed by atoms with Crippen molar-refractivity contribution in [1.82, 2.24) is 4.90 Å². The highest BCUT2D eigenvalue weighted by Crippen LogP contribution is 2.20. The van der Waals surface area contributed by atoms with Gasteiger partial charge in [0.05, 0.1) is 12.1 Å². The molecule has 5 nitrogen and oxygen atoms in total. The van der Waals surface area contributed by atoms with Crippen molar-refractivity contribution in [3.63, 3.8) is 0 Å². The molecule has 0 spiro atoms. The first-order chi connectivity index (χ1) is 14.8. The van der Waals surface area contributed by atoms with Crippen LogP contribution in [0.4, 0.5) is 5.69 Å². The van der Waals surface area contributed by atoms with Gasteiger partial charge in [0, 0.05) is 23.9 Å². The second-order valence-corrected chi connectivity index (χ2v) is 7.72. The molecule has 31 heavy (non-hydrogen) atoms. The first-order valence-corrected chi connectivity index (χ1v) is 10.1. The minimum atomic E-state index is -0.382. The van der Waals surface area contributed by atoms with E-state index >= 15 is 0 Å². The summed E-state index contributed by atoms with van der Waals surface area (Å²) in [6, 6.07) is 19.7. The summed E-state index contributed by atoms with van der Waals surface area (Å²) >= 11 is 0. The number of anilines is 1. The fourth-order valence-electron chi connectivity index (χ4n) is 3.41. The average molecular weight is 415 g/mol. The minimum Gasteiger partial charge on any atom is -0.332 e. The van der Waals surface area contributed by atoms with Gasteiger partial charge in [-0.2, -0.15) is 0 Å². The maximum Gasteiger partial charge on any atom is 0.254 e. The number of nitrogens with zero attached hydrogens (tertiary/aromatic N) is 1. The van der Waals surface area contributed by atoms with Gasteiger partial charge >= 0.3 is 0 Å². The van der Waals surface area contributed by atoms with Crippen molar-refractivity contribution < 1.29 is 14.4 Å². The number of likely N-dealkylation sites (N-methyl/N-ethyl adjacent to an activating group) is 1. The SMILES string of the molecule is Cc1ccc(C(=O)c2ccccc2C(=O)N(C)CC(=O)Nc2c(C)cccc2C)cc1. The number of hydrogen-bond donors (Lipinski definition) is 1. The normalized spacial score (nSPS) is 10.5. The van der Waals surface area contributed by atoms with E-state index in [1.54, 1.807) is 43.4 Å². The van der Waals surface area contributed by atoms with E-state index in [1.165, 1.54) is 4.90 Å². The van der Waals surface area contributed by atoms with Crippen molar-refractivity contribution in [3.8, 4) is 0 Å². The second kappa shape index (κ2) is 9.39. The van der Waals surface area contributed by atoms with Crippen LogP contribution < -0.4 is 5.32 Å². The third-order valence-corrected chi connectivity index (χ3v) is 5.19. The van der Waals surface area contributed by atoms with E-state index in [2.05, 4.69) is 5.32 Å². The highest BCUT2D eigenvalue weighted by Gasteiger charge is 2.22. The summed E-state index contributed by atoms with van der Waals surface area (Å²) in [4.78, 5) is 40.0. The Hall–Kier alpha value is -3.73. The number of amides is 2. The predicted octanol–water partition coefficient (Wildman–Crippen LogP) is 4.55. The van der Waals surface area contributed by atoms with Gasteiger partial charge in [-0.15, -0.1) is 0 Å². The van der Waals surface area contributed by atoms with Crippen molar-refractivity contribution in [3.05, 3.63) is 100 Å². The van der Waals surface area contributed by atoms with Crippen LogP contribution in [0.15, 0.2) is 66.7 Å². The zero-order valence-electron chi connectivity index (χ0n) is 18.2. The quantitative estimate of drug-likeness (QED) is 0.602. The van der Waals surface area contributed by atoms with E-state index in [4.69, 9.17) is 0 Å². The van der Waals surface area contributed by atoms with Gasteiger partial charge < -0.3 is 10.2 Å². The van der Waals surface area contributed by atoms with Crippen LogP contribution in [0.1, 0.15) is 43.0 Å². The van der Waals surface area contributed by atoms with Gasteiger partial charge in [0.25, 0.3) is 5.91 Å². The molecule has 0 saturated carbocycles. The topological polar surface area (TPSA) is 66.5 Å². The van der Waals surface area contributed by atoms with Crippen LogP contribution in [-0.2, 0) is 4.79 Å². The molecule has 0 aromatic heterocycles. The first kappa shape index (κ1) is 22.0. The standard InChI is InChI=1S/C26H26N2O3/c1-17-12-14-20(15-13-17)25(30)21-10-5-6-11-22(21)26(31)28(4)16-23(29)27-24-18(2)8-7-9-19(24)3/h5-15H,16H2,1-4H3,(H,27,29). The summed E-state index contributed by atoms with van der Waals surface area (Å²) in [7, 11) is 1.56. The number of carbonyl (C=O) groups is 3. The van der Waals surface area contributed by atoms with Crippen molar-refractivity contribution in [2.45, 2.75) is 20.8 Å². The molecule has 3 aromatic carbocycles. The minimum absolute atomic E-state index is 0.125. The van der Waals surface area contributed by atoms with Crippen molar-refractivity contribution >= 4 is 23.3 Å². The zero-order chi connectivity index (χ0) is 22.5. The fourth-order valence-corrected chi connectivity index (χ4v) is 3.41. The smallest absolute Gasteiger partial charge is 0.254 e. The molecule has 0 aliphatic rings. The van der Waals surface area contributed by atoms with Crippen molar-refractivity contribution in [1.29, 1.82) is 0 Å². The van der Waals surface area contributed by atoms with E-state index in [0.29, 0.717) is 11.1 Å². The lowest BCUT2D eigenvalue weighted by molar-refractivity contribution is -0.116. The number of carbonyl (C=O) groups excluding carboxylic acids is 3. The number of aryl methyl sites for hydroxylation is 3. The highest BCUT2D eigenvalue weighted by atomic mass is 16.2. The zero-order valence-corrected chi connectivity index (χ0v) is 18.2. The number of nitrogens with one attached hydrogen (secondary N) is 1. The van der Waals surface area contributed by atoms with Gasteiger partial charge in [-0.05, 0) is 38.0 Å². The Morgan fingerprint density at radius 2 is 1.35 bits per heavy atom. The molecular formula is C26H26N2O3. The molecule has 3 rings (SSSR count). The molecule has 5 heteroatoms. The number of ketones is 1. The Labute approximate surface area is 182 Å². The van der Waals surface area contributed by atoms with E-state index in [0.717, 1.165) is 22.4 Å². The predicted molar refractivity (Wildman–Crippen MR) is 123 cm³/mol. The Morgan fingerprint density at radius 1 is 0.774 bits per heavy atom. The molecule has 0 radical (unpaired) electrons. The summed E-state index contributed by atoms with van der Waals surface area (Å²) in [5.41, 5.74) is 4.82. The fraction of sp³-hybridized carbons (Fsp3) is 0.192. The average Bonchev–Trinajstić information content (AvgIpc) is 2.76. The van der Waals surface area contributed by atoms with Crippen molar-refractivity contribution in [2.75, 3.05) is 18.9 Å². The van der Waals surface area contributed by atoms with Gasteiger partial charge in [0.15, 0.2) is 5.78 Å². The van der Waals surface area contributed by atoms with Crippen LogP contribution in [0.3, 0.4) is 0 Å². The maximum absolute atomic E-state index is 13.1. The monoisotopic (exact) mass is 414 g/mol. The molecule has 158 valence electrons. The summed E-state index contributed by atoms with van der Waals surface area (Å²) < 4.78 is 0. The lowest BCUT2D eigenvalue weighted by Gasteiger charge is -2.19. The molecule has 0 aliphatic heterocycles. The summed E-state index contributed by atoms with van der Waals surface area (Å²) in [5, 5.41) is 2.88. The van der Waals surface area contributed by atoms with E-state index < -0.39 is 0 Å². The Bertz CT molecular complexity index is 1110. The second-order valence-electron chi connectivity index (χ2n) is 7.72. The Kier molecular flexibility index (Phi) is 6.65. The highest BCUT2D eigenvalue weighted by molar-refractivity contribution is 6.15. The molecule has 0 heterocycles. The molecule has 0 bridgehead atoms. The van der Waals surface area contributed by atoms with Crippen LogP contribution in [-0.4, -0.2) is 36.1 Å². The number of para-hydroxylation sites is 1. The Balaban J connectivity index is 1.77. The lowest BCUT2D eigenvalue weighted by Crippen LogP contribution is -2.35. The molecule has 1 N–H and O–H groups in total. The van der Waals surface area contributed by atoms with Gasteiger partial charge in [-0.3, -0.25) is 14.4 Å². The molecule has 0 aliphatic carbocycles. The molecule has 0 saturated heterocycles. The third kappa shape index (κ3) is 5.07. The largest absolute Gasteiger partial charge is 0.332 e. The van der Waals surface area contributed by atoms with Crippen LogP contribution >= 0.6 is 0 Å². The Morgan fingerprint density at radius 3 is 1.97 bits per heavy atom. The van der Waals surface area contributed by atoms with Crippen LogP contribution in [0.2, 0.25) is 0 Å². The lowest BCUT2D eigenvalue weighted by atomic mass is 9.97. The van der Waals surface area contributed by atoms with Crippen LogP contribution in [0.25, 0.3) is 0 Å². The van der Waals surface area contributed by atoms with E-state index in [-0.39, 0.29) is 29.7 Å². The van der Waals surface area contributed by atoms with Crippen molar-refractivity contribution in [2.24, 2.45) is 0 Å². The molecule has 3 aromatic rings. The molecule has 2 amide bonds. The number of hydrogen-bond acceptors (Lipinski definition) is 3. The van der Waals surface area contributed by atoms with Crippen LogP contribution in [0, 0.1) is 20.8 Å². The summed E-state index contributed by atoms with van der Waals surface area (Å²) in [6.07, 6.45) is 0. The van der Waals surface area contributed by atoms with Crippen LogP contribution in [0.5, 0.6) is 0 Å². The number of benzene rings is 3. The summed E-state index contributed by atoms with van der Waals surface area (Å²) in [5.74, 6) is -0.902. The van der Waals surface area contributed by atoms with Gasteiger partial charge in [-0.25, -0.2) is 0 Å². The van der Waals surface area contributed by atoms with Gasteiger partial charge in [0.2, 0.25) is 5.91 Å². The van der Waals surface area contributed by atoms with E-state index in [1.807, 2.05) is 51.1 Å². The molecule has 0 atom stereocenters. The first-order valence-electron chi connectivity index (χ1n) is 10.1. The number of rotatable bonds is 6. The van der Waals surface area contributed by atoms with Gasteiger partial charge in [0.1, 0.15) is 0 Å². The summed E-state index contributed by atoms with van der Waals surface area (Å²) in [6.45, 7) is 5.67. The van der Waals surface area contributed by atoms with Gasteiger partial charge in [-0.1, -0.05) is 66.2 Å².